The molecule has 0 radical (unpaired) electrons. The molecule has 0 aromatic heterocycles. The molecule has 6 heteroatoms. The maximum atomic E-state index is 12.4. The summed E-state index contributed by atoms with van der Waals surface area (Å²) >= 11 is 0. The molecule has 2 aliphatic carbocycles. The Hall–Kier alpha value is -3.80. The Bertz CT molecular complexity index is 1070. The van der Waals surface area contributed by atoms with Crippen molar-refractivity contribution in [1.82, 2.24) is 0 Å². The molecular weight excluding hydrogens is 348 g/mol. The fourth-order valence-corrected chi connectivity index (χ4v) is 2.97. The lowest BCUT2D eigenvalue weighted by Crippen LogP contribution is -2.21. The Morgan fingerprint density at radius 3 is 1.78 bits per heavy atom. The van der Waals surface area contributed by atoms with Crippen molar-refractivity contribution in [2.45, 2.75) is 0 Å². The average molecular weight is 360 g/mol. The molecule has 2 aromatic rings. The van der Waals surface area contributed by atoms with E-state index in [0.29, 0.717) is 11.1 Å². The van der Waals surface area contributed by atoms with Crippen LogP contribution in [0.25, 0.3) is 5.76 Å². The van der Waals surface area contributed by atoms with Crippen LogP contribution in [0.5, 0.6) is 0 Å². The molecule has 0 fully saturated rings. The average Bonchev–Trinajstić information content (AvgIpc) is 2.69. The number of fused-ring (bicyclic) bond motifs is 2. The number of ether oxygens (including phenoxy) is 2. The van der Waals surface area contributed by atoms with Gasteiger partial charge < -0.3 is 9.47 Å². The number of carbonyl (C=O) groups is 4. The van der Waals surface area contributed by atoms with Crippen molar-refractivity contribution in [3.05, 3.63) is 88.7 Å². The molecule has 132 valence electrons. The Balaban J connectivity index is 1.50. The number of benzene rings is 2. The van der Waals surface area contributed by atoms with Gasteiger partial charge in [0, 0.05) is 34.4 Å². The largest absolute Gasteiger partial charge is 0.457 e. The predicted molar refractivity (Wildman–Crippen MR) is 94.0 cm³/mol. The molecule has 27 heavy (non-hydrogen) atoms. The minimum absolute atomic E-state index is 0.134. The van der Waals surface area contributed by atoms with Crippen molar-refractivity contribution < 1.29 is 28.7 Å². The smallest absolute Gasteiger partial charge is 0.233 e. The van der Waals surface area contributed by atoms with Crippen LogP contribution in [0.2, 0.25) is 0 Å². The van der Waals surface area contributed by atoms with E-state index in [0.717, 1.165) is 12.2 Å². The molecule has 0 saturated carbocycles. The maximum Gasteiger partial charge on any atom is 0.233 e. The summed E-state index contributed by atoms with van der Waals surface area (Å²) in [5.41, 5.74) is 1.31. The third kappa shape index (κ3) is 2.87. The van der Waals surface area contributed by atoms with Crippen LogP contribution in [-0.4, -0.2) is 29.9 Å². The first kappa shape index (κ1) is 16.7. The Kier molecular flexibility index (Phi) is 4.01. The van der Waals surface area contributed by atoms with Gasteiger partial charge in [-0.1, -0.05) is 48.5 Å². The van der Waals surface area contributed by atoms with Gasteiger partial charge in [0.2, 0.25) is 24.1 Å². The second-order valence-electron chi connectivity index (χ2n) is 5.90. The van der Waals surface area contributed by atoms with Crippen molar-refractivity contribution in [2.75, 3.05) is 6.79 Å². The molecule has 4 rings (SSSR count). The van der Waals surface area contributed by atoms with Gasteiger partial charge in [-0.3, -0.25) is 19.2 Å². The number of hydrogen-bond acceptors (Lipinski definition) is 6. The summed E-state index contributed by atoms with van der Waals surface area (Å²) in [5.74, 6) is -2.01. The van der Waals surface area contributed by atoms with Crippen molar-refractivity contribution in [3.8, 4) is 0 Å². The fourth-order valence-electron chi connectivity index (χ4n) is 2.97. The highest BCUT2D eigenvalue weighted by Crippen LogP contribution is 2.27. The quantitative estimate of drug-likeness (QED) is 0.615. The van der Waals surface area contributed by atoms with E-state index in [9.17, 15) is 19.2 Å². The summed E-state index contributed by atoms with van der Waals surface area (Å²) in [6, 6.07) is 13.0. The first-order chi connectivity index (χ1) is 13.1. The molecule has 2 aliphatic rings. The topological polar surface area (TPSA) is 86.7 Å². The second-order valence-corrected chi connectivity index (χ2v) is 5.90. The number of ketones is 4. The number of rotatable bonds is 4. The van der Waals surface area contributed by atoms with Gasteiger partial charge in [-0.15, -0.1) is 0 Å². The molecule has 2 aromatic carbocycles. The van der Waals surface area contributed by atoms with Crippen LogP contribution in [0.1, 0.15) is 36.6 Å². The van der Waals surface area contributed by atoms with E-state index in [1.165, 1.54) is 6.07 Å². The molecule has 6 nitrogen and oxygen atoms in total. The molecule has 0 spiro atoms. The van der Waals surface area contributed by atoms with Crippen LogP contribution < -0.4 is 0 Å². The van der Waals surface area contributed by atoms with E-state index >= 15 is 0 Å². The van der Waals surface area contributed by atoms with E-state index in [1.807, 2.05) is 0 Å². The highest BCUT2D eigenvalue weighted by molar-refractivity contribution is 6.50. The summed E-state index contributed by atoms with van der Waals surface area (Å²) in [5, 5.41) is 0. The van der Waals surface area contributed by atoms with Crippen molar-refractivity contribution in [3.63, 3.8) is 0 Å². The summed E-state index contributed by atoms with van der Waals surface area (Å²) in [6.07, 6.45) is 2.21. The van der Waals surface area contributed by atoms with Gasteiger partial charge >= 0.3 is 0 Å². The zero-order chi connectivity index (χ0) is 19.0. The van der Waals surface area contributed by atoms with Gasteiger partial charge in [-0.2, -0.15) is 0 Å². The van der Waals surface area contributed by atoms with E-state index < -0.39 is 24.1 Å². The van der Waals surface area contributed by atoms with E-state index in [2.05, 4.69) is 0 Å². The van der Waals surface area contributed by atoms with E-state index in [1.54, 1.807) is 42.5 Å². The highest BCUT2D eigenvalue weighted by Gasteiger charge is 2.28. The SMILES string of the molecule is O=C1C=C(OCOC2=CC(=O)c3ccccc3C2=O)c2ccccc2C1=O. The monoisotopic (exact) mass is 360 g/mol. The van der Waals surface area contributed by atoms with Gasteiger partial charge in [0.15, 0.2) is 11.5 Å². The van der Waals surface area contributed by atoms with Crippen LogP contribution in [-0.2, 0) is 14.3 Å². The van der Waals surface area contributed by atoms with Gasteiger partial charge in [-0.25, -0.2) is 0 Å². The van der Waals surface area contributed by atoms with Crippen LogP contribution in [0, 0.1) is 0 Å². The van der Waals surface area contributed by atoms with Crippen LogP contribution >= 0.6 is 0 Å². The fraction of sp³-hybridized carbons (Fsp3) is 0.0476. The lowest BCUT2D eigenvalue weighted by atomic mass is 9.94. The lowest BCUT2D eigenvalue weighted by molar-refractivity contribution is -0.111. The molecular formula is C21H12O6. The number of hydrogen-bond donors (Lipinski definition) is 0. The Morgan fingerprint density at radius 2 is 1.07 bits per heavy atom. The standard InChI is InChI=1S/C21H12O6/c22-16-9-19(21(25)14-7-3-1-5-12(14)16)27-11-26-18-10-17(23)20(24)15-8-4-2-6-13(15)18/h1-10H,11H2. The van der Waals surface area contributed by atoms with Gasteiger partial charge in [-0.05, 0) is 0 Å². The first-order valence-corrected chi connectivity index (χ1v) is 8.11. The molecule has 0 unspecified atom stereocenters. The summed E-state index contributed by atoms with van der Waals surface area (Å²) in [4.78, 5) is 48.2. The molecule has 0 heterocycles. The number of Topliss-reactive ketones (excluding diaryl/α,β-unsaturated/α-hetero) is 2. The Labute approximate surface area is 153 Å². The Morgan fingerprint density at radius 1 is 0.556 bits per heavy atom. The molecule has 0 bridgehead atoms. The van der Waals surface area contributed by atoms with Crippen molar-refractivity contribution >= 4 is 28.9 Å². The second kappa shape index (κ2) is 6.49. The highest BCUT2D eigenvalue weighted by atomic mass is 16.7. The van der Waals surface area contributed by atoms with Crippen LogP contribution in [0.15, 0.2) is 66.4 Å². The van der Waals surface area contributed by atoms with Gasteiger partial charge in [0.05, 0.1) is 0 Å². The number of allylic oxidation sites excluding steroid dienone is 3. The molecule has 0 amide bonds. The van der Waals surface area contributed by atoms with Crippen molar-refractivity contribution in [1.29, 1.82) is 0 Å². The maximum absolute atomic E-state index is 12.4. The zero-order valence-electron chi connectivity index (χ0n) is 13.9. The number of carbonyl (C=O) groups excluding carboxylic acids is 4. The lowest BCUT2D eigenvalue weighted by Gasteiger charge is -2.19. The predicted octanol–water partition coefficient (Wildman–Crippen LogP) is 2.75. The third-order valence-electron chi connectivity index (χ3n) is 4.28. The molecule has 0 saturated heterocycles. The van der Waals surface area contributed by atoms with Gasteiger partial charge in [0.25, 0.3) is 0 Å². The van der Waals surface area contributed by atoms with E-state index in [4.69, 9.17) is 9.47 Å². The third-order valence-corrected chi connectivity index (χ3v) is 4.28. The summed E-state index contributed by atoms with van der Waals surface area (Å²) < 4.78 is 10.8. The zero-order valence-corrected chi connectivity index (χ0v) is 13.9. The van der Waals surface area contributed by atoms with E-state index in [-0.39, 0.29) is 28.4 Å². The van der Waals surface area contributed by atoms with Crippen LogP contribution in [0.4, 0.5) is 0 Å². The summed E-state index contributed by atoms with van der Waals surface area (Å²) in [7, 11) is 0. The first-order valence-electron chi connectivity index (χ1n) is 8.11. The molecule has 0 N–H and O–H groups in total. The normalized spacial score (nSPS) is 15.6. The van der Waals surface area contributed by atoms with Crippen molar-refractivity contribution in [2.24, 2.45) is 0 Å². The molecule has 0 aliphatic heterocycles. The molecule has 0 atom stereocenters. The van der Waals surface area contributed by atoms with Crippen LogP contribution in [0.3, 0.4) is 0 Å². The minimum Gasteiger partial charge on any atom is -0.457 e. The minimum atomic E-state index is -0.694. The van der Waals surface area contributed by atoms with Gasteiger partial charge in [0.1, 0.15) is 5.76 Å². The summed E-state index contributed by atoms with van der Waals surface area (Å²) in [6.45, 7) is -0.394.